The summed E-state index contributed by atoms with van der Waals surface area (Å²) in [5.41, 5.74) is 1.76. The van der Waals surface area contributed by atoms with Gasteiger partial charge in [-0.25, -0.2) is 0 Å². The van der Waals surface area contributed by atoms with Gasteiger partial charge in [0.15, 0.2) is 4.34 Å². The van der Waals surface area contributed by atoms with Crippen LogP contribution in [-0.2, 0) is 4.74 Å². The highest BCUT2D eigenvalue weighted by atomic mass is 32.2. The Hall–Kier alpha value is -0.170. The molecule has 0 aliphatic heterocycles. The van der Waals surface area contributed by atoms with Crippen molar-refractivity contribution in [2.24, 2.45) is 0 Å². The zero-order valence-corrected chi connectivity index (χ0v) is 9.87. The van der Waals surface area contributed by atoms with Crippen LogP contribution in [0.3, 0.4) is 0 Å². The Bertz CT molecular complexity index is 218. The third-order valence-electron chi connectivity index (χ3n) is 1.55. The smallest absolute Gasteiger partial charge is 0.174 e. The molecule has 0 aliphatic carbocycles. The highest BCUT2D eigenvalue weighted by Crippen LogP contribution is 2.18. The Balaban J connectivity index is 1.85. The molecule has 1 heterocycles. The Morgan fingerprint density at radius 1 is 1.57 bits per heavy atom. The second-order valence-electron chi connectivity index (χ2n) is 2.65. The maximum atomic E-state index is 4.92. The predicted octanol–water partition coefficient (Wildman–Crippen LogP) is 1.26. The first-order valence-corrected chi connectivity index (χ1v) is 6.38. The molecule has 1 aromatic rings. The lowest BCUT2D eigenvalue weighted by atomic mass is 10.5. The maximum Gasteiger partial charge on any atom is 0.174 e. The van der Waals surface area contributed by atoms with Crippen molar-refractivity contribution < 1.29 is 4.74 Å². The quantitative estimate of drug-likeness (QED) is 0.541. The molecule has 6 heteroatoms. The van der Waals surface area contributed by atoms with E-state index in [0.29, 0.717) is 0 Å². The second kappa shape index (κ2) is 8.16. The molecule has 0 atom stereocenters. The third kappa shape index (κ3) is 5.54. The largest absolute Gasteiger partial charge is 0.383 e. The van der Waals surface area contributed by atoms with Crippen molar-refractivity contribution in [3.63, 3.8) is 0 Å². The van der Waals surface area contributed by atoms with Crippen molar-refractivity contribution in [2.75, 3.05) is 32.6 Å². The van der Waals surface area contributed by atoms with Gasteiger partial charge in [0.25, 0.3) is 0 Å². The third-order valence-corrected chi connectivity index (χ3v) is 3.49. The first-order valence-electron chi connectivity index (χ1n) is 4.52. The van der Waals surface area contributed by atoms with Crippen LogP contribution in [-0.4, -0.2) is 42.8 Å². The summed E-state index contributed by atoms with van der Waals surface area (Å²) in [6.45, 7) is 2.75. The van der Waals surface area contributed by atoms with Gasteiger partial charge in [0.1, 0.15) is 5.51 Å². The molecule has 0 bridgehead atoms. The summed E-state index contributed by atoms with van der Waals surface area (Å²) in [6.07, 6.45) is 1.15. The maximum absolute atomic E-state index is 4.92. The average molecular weight is 233 g/mol. The summed E-state index contributed by atoms with van der Waals surface area (Å²) < 4.78 is 5.98. The Morgan fingerprint density at radius 2 is 2.50 bits per heavy atom. The minimum absolute atomic E-state index is 0.781. The molecule has 0 unspecified atom stereocenters. The summed E-state index contributed by atoms with van der Waals surface area (Å²) in [6, 6.07) is 0. The number of nitrogens with one attached hydrogen (secondary N) is 1. The summed E-state index contributed by atoms with van der Waals surface area (Å²) in [5, 5.41) is 11.0. The number of nitrogens with zero attached hydrogens (tertiary/aromatic N) is 2. The van der Waals surface area contributed by atoms with Gasteiger partial charge in [0.2, 0.25) is 0 Å². The van der Waals surface area contributed by atoms with Gasteiger partial charge in [0.05, 0.1) is 6.61 Å². The van der Waals surface area contributed by atoms with E-state index in [2.05, 4.69) is 15.5 Å². The second-order valence-corrected chi connectivity index (χ2v) is 4.82. The highest BCUT2D eigenvalue weighted by Gasteiger charge is 1.96. The lowest BCUT2D eigenvalue weighted by molar-refractivity contribution is 0.199. The molecule has 0 aromatic carbocycles. The van der Waals surface area contributed by atoms with Crippen molar-refractivity contribution in [2.45, 2.75) is 10.8 Å². The van der Waals surface area contributed by atoms with Gasteiger partial charge in [-0.15, -0.1) is 10.2 Å². The van der Waals surface area contributed by atoms with Gasteiger partial charge in [-0.05, 0) is 13.0 Å². The predicted molar refractivity (Wildman–Crippen MR) is 60.0 cm³/mol. The molecule has 0 saturated heterocycles. The first kappa shape index (κ1) is 11.9. The molecule has 1 aromatic heterocycles. The van der Waals surface area contributed by atoms with E-state index in [1.165, 1.54) is 0 Å². The number of hydrogen-bond donors (Lipinski definition) is 1. The van der Waals surface area contributed by atoms with E-state index in [4.69, 9.17) is 4.74 Å². The van der Waals surface area contributed by atoms with E-state index >= 15 is 0 Å². The zero-order valence-electron chi connectivity index (χ0n) is 8.23. The topological polar surface area (TPSA) is 47.0 Å². The standard InChI is InChI=1S/C8H15N3OS2/c1-12-5-4-9-3-2-6-13-8-11-10-7-14-8/h7,9H,2-6H2,1H3. The van der Waals surface area contributed by atoms with Crippen molar-refractivity contribution in [1.82, 2.24) is 15.5 Å². The number of hydrogen-bond acceptors (Lipinski definition) is 6. The highest BCUT2D eigenvalue weighted by molar-refractivity contribution is 8.00. The molecule has 1 rings (SSSR count). The number of thioether (sulfide) groups is 1. The molecular weight excluding hydrogens is 218 g/mol. The molecule has 0 amide bonds. The number of methoxy groups -OCH3 is 1. The zero-order chi connectivity index (χ0) is 10.1. The summed E-state index contributed by atoms with van der Waals surface area (Å²) in [5.74, 6) is 1.09. The van der Waals surface area contributed by atoms with E-state index in [9.17, 15) is 0 Å². The van der Waals surface area contributed by atoms with Crippen molar-refractivity contribution in [3.05, 3.63) is 5.51 Å². The molecular formula is C8H15N3OS2. The Morgan fingerprint density at radius 3 is 3.21 bits per heavy atom. The molecule has 80 valence electrons. The fraction of sp³-hybridized carbons (Fsp3) is 0.750. The fourth-order valence-electron chi connectivity index (χ4n) is 0.882. The molecule has 0 aliphatic rings. The normalized spacial score (nSPS) is 10.6. The van der Waals surface area contributed by atoms with Crippen LogP contribution in [0.4, 0.5) is 0 Å². The van der Waals surface area contributed by atoms with Gasteiger partial charge in [-0.2, -0.15) is 0 Å². The summed E-state index contributed by atoms with van der Waals surface area (Å²) in [4.78, 5) is 0. The molecule has 14 heavy (non-hydrogen) atoms. The van der Waals surface area contributed by atoms with E-state index in [0.717, 1.165) is 36.2 Å². The van der Waals surface area contributed by atoms with Crippen LogP contribution in [0, 0.1) is 0 Å². The summed E-state index contributed by atoms with van der Waals surface area (Å²) >= 11 is 3.36. The van der Waals surface area contributed by atoms with Crippen LogP contribution in [0.25, 0.3) is 0 Å². The van der Waals surface area contributed by atoms with Gasteiger partial charge in [0, 0.05) is 19.4 Å². The monoisotopic (exact) mass is 233 g/mol. The molecule has 1 N–H and O–H groups in total. The van der Waals surface area contributed by atoms with Crippen molar-refractivity contribution in [1.29, 1.82) is 0 Å². The van der Waals surface area contributed by atoms with Gasteiger partial charge >= 0.3 is 0 Å². The van der Waals surface area contributed by atoms with Crippen LogP contribution >= 0.6 is 23.1 Å². The van der Waals surface area contributed by atoms with Crippen LogP contribution in [0.2, 0.25) is 0 Å². The molecule has 4 nitrogen and oxygen atoms in total. The van der Waals surface area contributed by atoms with E-state index < -0.39 is 0 Å². The van der Waals surface area contributed by atoms with E-state index in [1.807, 2.05) is 0 Å². The van der Waals surface area contributed by atoms with Gasteiger partial charge < -0.3 is 10.1 Å². The van der Waals surface area contributed by atoms with Crippen LogP contribution in [0.15, 0.2) is 9.85 Å². The van der Waals surface area contributed by atoms with Gasteiger partial charge in [-0.3, -0.25) is 0 Å². The van der Waals surface area contributed by atoms with Crippen LogP contribution in [0.5, 0.6) is 0 Å². The number of rotatable bonds is 8. The van der Waals surface area contributed by atoms with Crippen molar-refractivity contribution >= 4 is 23.1 Å². The first-order chi connectivity index (χ1) is 6.93. The summed E-state index contributed by atoms with van der Waals surface area (Å²) in [7, 11) is 1.72. The molecule has 0 fully saturated rings. The van der Waals surface area contributed by atoms with E-state index in [1.54, 1.807) is 35.7 Å². The number of aromatic nitrogens is 2. The number of ether oxygens (including phenoxy) is 1. The molecule has 0 spiro atoms. The van der Waals surface area contributed by atoms with Crippen molar-refractivity contribution in [3.8, 4) is 0 Å². The van der Waals surface area contributed by atoms with Crippen LogP contribution in [0.1, 0.15) is 6.42 Å². The minimum Gasteiger partial charge on any atom is -0.383 e. The fourth-order valence-corrected chi connectivity index (χ4v) is 2.38. The molecule has 0 radical (unpaired) electrons. The van der Waals surface area contributed by atoms with Crippen LogP contribution < -0.4 is 5.32 Å². The van der Waals surface area contributed by atoms with E-state index in [-0.39, 0.29) is 0 Å². The Kier molecular flexibility index (Phi) is 6.94. The lowest BCUT2D eigenvalue weighted by Gasteiger charge is -2.02. The SMILES string of the molecule is COCCNCCCSc1nncs1. The average Bonchev–Trinajstić information content (AvgIpc) is 2.69. The minimum atomic E-state index is 0.781. The Labute approximate surface area is 92.5 Å². The lowest BCUT2D eigenvalue weighted by Crippen LogP contribution is -2.20. The van der Waals surface area contributed by atoms with Gasteiger partial charge in [-0.1, -0.05) is 23.1 Å². The molecule has 0 saturated carbocycles.